The molecule has 1 heterocycles. The molecule has 0 amide bonds. The van der Waals surface area contributed by atoms with Crippen LogP contribution in [0.2, 0.25) is 0 Å². The van der Waals surface area contributed by atoms with Crippen LogP contribution in [-0.2, 0) is 10.8 Å². The Morgan fingerprint density at radius 2 is 1.44 bits per heavy atom. The molecule has 0 spiro atoms. The molecular weight excluding hydrogens is 418 g/mol. The maximum Gasteiger partial charge on any atom is 0.147 e. The van der Waals surface area contributed by atoms with E-state index in [-0.39, 0.29) is 16.6 Å². The summed E-state index contributed by atoms with van der Waals surface area (Å²) >= 11 is 0. The van der Waals surface area contributed by atoms with Gasteiger partial charge >= 0.3 is 0 Å². The summed E-state index contributed by atoms with van der Waals surface area (Å²) in [5.74, 6) is 0.230. The first-order valence-electron chi connectivity index (χ1n) is 11.9. The quantitative estimate of drug-likeness (QED) is 0.357. The van der Waals surface area contributed by atoms with Crippen molar-refractivity contribution in [3.8, 4) is 11.4 Å². The predicted molar refractivity (Wildman–Crippen MR) is 139 cm³/mol. The van der Waals surface area contributed by atoms with Crippen LogP contribution >= 0.6 is 0 Å². The topological polar surface area (TPSA) is 50.9 Å². The van der Waals surface area contributed by atoms with Crippen molar-refractivity contribution in [3.05, 3.63) is 107 Å². The van der Waals surface area contributed by atoms with Crippen molar-refractivity contribution < 1.29 is 5.11 Å². The lowest BCUT2D eigenvalue weighted by atomic mass is 9.71. The molecule has 3 aromatic carbocycles. The van der Waals surface area contributed by atoms with E-state index in [4.69, 9.17) is 10.2 Å². The zero-order valence-corrected chi connectivity index (χ0v) is 20.3. The molecule has 1 N–H and O–H groups in total. The molecule has 1 aromatic heterocycles. The maximum absolute atomic E-state index is 11.6. The zero-order valence-electron chi connectivity index (χ0n) is 20.3. The van der Waals surface area contributed by atoms with Crippen LogP contribution in [0, 0.1) is 0 Å². The van der Waals surface area contributed by atoms with Gasteiger partial charge in [-0.3, -0.25) is 0 Å². The largest absolute Gasteiger partial charge is 0.505 e. The molecular formula is C30H31N3O. The highest BCUT2D eigenvalue weighted by atomic mass is 16.3. The molecule has 0 radical (unpaired) electrons. The molecule has 0 saturated heterocycles. The average molecular weight is 450 g/mol. The molecule has 34 heavy (non-hydrogen) atoms. The Morgan fingerprint density at radius 1 is 0.794 bits per heavy atom. The minimum Gasteiger partial charge on any atom is -0.505 e. The van der Waals surface area contributed by atoms with Gasteiger partial charge in [-0.25, -0.2) is 0 Å². The van der Waals surface area contributed by atoms with Crippen molar-refractivity contribution in [1.82, 2.24) is 15.0 Å². The van der Waals surface area contributed by atoms with E-state index in [1.807, 2.05) is 36.4 Å². The predicted octanol–water partition coefficient (Wildman–Crippen LogP) is 7.01. The Hall–Kier alpha value is -3.66. The van der Waals surface area contributed by atoms with Gasteiger partial charge in [0.15, 0.2) is 0 Å². The number of rotatable bonds is 5. The van der Waals surface area contributed by atoms with E-state index in [0.717, 1.165) is 35.0 Å². The Kier molecular flexibility index (Phi) is 5.40. The number of phenolic OH excluding ortho intramolecular Hbond substituents is 1. The monoisotopic (exact) mass is 449 g/mol. The smallest absolute Gasteiger partial charge is 0.147 e. The summed E-state index contributed by atoms with van der Waals surface area (Å²) in [7, 11) is 0. The van der Waals surface area contributed by atoms with Gasteiger partial charge in [0, 0.05) is 16.4 Å². The molecule has 0 saturated carbocycles. The van der Waals surface area contributed by atoms with Gasteiger partial charge in [0.2, 0.25) is 0 Å². The molecule has 4 heteroatoms. The average Bonchev–Trinajstić information content (AvgIpc) is 3.29. The molecule has 0 fully saturated rings. The van der Waals surface area contributed by atoms with Gasteiger partial charge < -0.3 is 5.11 Å². The molecule has 172 valence electrons. The Labute approximate surface area is 201 Å². The van der Waals surface area contributed by atoms with E-state index >= 15 is 0 Å². The van der Waals surface area contributed by atoms with Gasteiger partial charge in [0.05, 0.1) is 0 Å². The highest BCUT2D eigenvalue weighted by Gasteiger charge is 2.33. The minimum atomic E-state index is -0.348. The highest BCUT2D eigenvalue weighted by molar-refractivity contribution is 5.74. The van der Waals surface area contributed by atoms with Crippen LogP contribution in [0.1, 0.15) is 57.2 Å². The second-order valence-corrected chi connectivity index (χ2v) is 10.1. The first-order chi connectivity index (χ1) is 16.3. The summed E-state index contributed by atoms with van der Waals surface area (Å²) in [5, 5.41) is 21.0. The number of hydrogen-bond acceptors (Lipinski definition) is 3. The summed E-state index contributed by atoms with van der Waals surface area (Å²) in [6, 6.07) is 22.5. The normalized spacial score (nSPS) is 14.4. The van der Waals surface area contributed by atoms with Crippen molar-refractivity contribution in [2.45, 2.75) is 51.4 Å². The van der Waals surface area contributed by atoms with E-state index in [1.54, 1.807) is 4.80 Å². The number of aromatic nitrogens is 3. The molecule has 0 aliphatic heterocycles. The second kappa shape index (κ2) is 8.28. The number of benzene rings is 3. The van der Waals surface area contributed by atoms with Crippen molar-refractivity contribution in [2.24, 2.45) is 0 Å². The summed E-state index contributed by atoms with van der Waals surface area (Å²) in [6.07, 6.45) is 8.51. The molecule has 0 bridgehead atoms. The fraction of sp³-hybridized carbons (Fsp3) is 0.267. The number of hydrogen-bond donors (Lipinski definition) is 1. The van der Waals surface area contributed by atoms with Crippen molar-refractivity contribution in [1.29, 1.82) is 0 Å². The van der Waals surface area contributed by atoms with Gasteiger partial charge in [-0.05, 0) is 42.2 Å². The highest BCUT2D eigenvalue weighted by Crippen LogP contribution is 2.45. The standard InChI is InChI=1S/C30H31N3O/c1-29(2,21-13-7-5-8-14-21)23-19-24(30(3,4)22-15-9-6-10-16-22)28(34)27(20-23)33-31-25-17-11-12-18-26(25)32-33/h5-9,11-15,17-20,34H,10,16H2,1-4H3. The van der Waals surface area contributed by atoms with Crippen LogP contribution < -0.4 is 0 Å². The third-order valence-electron chi connectivity index (χ3n) is 7.30. The first-order valence-corrected chi connectivity index (χ1v) is 11.9. The third-order valence-corrected chi connectivity index (χ3v) is 7.30. The van der Waals surface area contributed by atoms with Crippen LogP contribution in [0.5, 0.6) is 5.75 Å². The summed E-state index contributed by atoms with van der Waals surface area (Å²) in [5.41, 5.74) is 6.12. The van der Waals surface area contributed by atoms with Crippen molar-refractivity contribution in [3.63, 3.8) is 0 Å². The Morgan fingerprint density at radius 3 is 2.06 bits per heavy atom. The van der Waals surface area contributed by atoms with Gasteiger partial charge in [-0.1, -0.05) is 100 Å². The summed E-state index contributed by atoms with van der Waals surface area (Å²) < 4.78 is 0. The van der Waals surface area contributed by atoms with Crippen LogP contribution in [0.4, 0.5) is 0 Å². The molecule has 1 aliphatic rings. The second-order valence-electron chi connectivity index (χ2n) is 10.1. The van der Waals surface area contributed by atoms with Gasteiger partial charge in [0.1, 0.15) is 22.5 Å². The third kappa shape index (κ3) is 3.73. The first kappa shape index (κ1) is 22.1. The van der Waals surface area contributed by atoms with E-state index in [9.17, 15) is 5.11 Å². The molecule has 4 aromatic rings. The van der Waals surface area contributed by atoms with Crippen LogP contribution in [-0.4, -0.2) is 20.1 Å². The zero-order chi connectivity index (χ0) is 23.9. The van der Waals surface area contributed by atoms with Crippen LogP contribution in [0.3, 0.4) is 0 Å². The van der Waals surface area contributed by atoms with Crippen molar-refractivity contribution >= 4 is 11.0 Å². The Balaban J connectivity index is 1.76. The lowest BCUT2D eigenvalue weighted by molar-refractivity contribution is 0.441. The molecule has 4 nitrogen and oxygen atoms in total. The fourth-order valence-electron chi connectivity index (χ4n) is 4.89. The number of nitrogens with zero attached hydrogens (tertiary/aromatic N) is 3. The summed E-state index contributed by atoms with van der Waals surface area (Å²) in [6.45, 7) is 8.85. The van der Waals surface area contributed by atoms with Crippen LogP contribution in [0.15, 0.2) is 90.5 Å². The lowest BCUT2D eigenvalue weighted by Crippen LogP contribution is -2.25. The van der Waals surface area contributed by atoms with E-state index < -0.39 is 0 Å². The number of allylic oxidation sites excluding steroid dienone is 4. The van der Waals surface area contributed by atoms with Gasteiger partial charge in [-0.15, -0.1) is 15.0 Å². The van der Waals surface area contributed by atoms with Crippen LogP contribution in [0.25, 0.3) is 16.7 Å². The van der Waals surface area contributed by atoms with E-state index in [2.05, 4.69) is 76.3 Å². The van der Waals surface area contributed by atoms with Crippen molar-refractivity contribution in [2.75, 3.05) is 0 Å². The molecule has 5 rings (SSSR count). The number of fused-ring (bicyclic) bond motifs is 1. The van der Waals surface area contributed by atoms with Gasteiger partial charge in [-0.2, -0.15) is 0 Å². The Bertz CT molecular complexity index is 1370. The van der Waals surface area contributed by atoms with E-state index in [1.165, 1.54) is 11.1 Å². The molecule has 0 unspecified atom stereocenters. The van der Waals surface area contributed by atoms with E-state index in [0.29, 0.717) is 5.69 Å². The number of aromatic hydroxyl groups is 1. The number of phenols is 1. The lowest BCUT2D eigenvalue weighted by Gasteiger charge is -2.34. The minimum absolute atomic E-state index is 0.230. The maximum atomic E-state index is 11.6. The summed E-state index contributed by atoms with van der Waals surface area (Å²) in [4.78, 5) is 1.58. The fourth-order valence-corrected chi connectivity index (χ4v) is 4.89. The molecule has 0 atom stereocenters. The van der Waals surface area contributed by atoms with Gasteiger partial charge in [0.25, 0.3) is 0 Å². The molecule has 1 aliphatic carbocycles. The SMILES string of the molecule is CC(C)(C1=CC=CCC1)c1cc(C(C)(C)c2ccccc2)cc(-n2nc3ccccc3n2)c1O.